The molecule has 2 amide bonds. The van der Waals surface area contributed by atoms with E-state index in [0.29, 0.717) is 24.2 Å². The van der Waals surface area contributed by atoms with Crippen molar-refractivity contribution >= 4 is 22.9 Å². The molecule has 0 unspecified atom stereocenters. The molecule has 7 nitrogen and oxygen atoms in total. The standard InChI is InChI=1S/C21H23FN4O3/c1-5-26(6-2)18(27)12-25(4)21(28)15-11-17(14-9-7-8-10-16(14)22)23-20-19(15)13(3)24-29-20/h7-11H,5-6,12H2,1-4H3. The molecule has 0 fully saturated rings. The summed E-state index contributed by atoms with van der Waals surface area (Å²) >= 11 is 0. The first-order valence-corrected chi connectivity index (χ1v) is 9.42. The fourth-order valence-electron chi connectivity index (χ4n) is 3.23. The van der Waals surface area contributed by atoms with E-state index >= 15 is 0 Å². The largest absolute Gasteiger partial charge is 0.342 e. The summed E-state index contributed by atoms with van der Waals surface area (Å²) in [6, 6.07) is 7.68. The number of hydrogen-bond donors (Lipinski definition) is 0. The van der Waals surface area contributed by atoms with Gasteiger partial charge in [-0.05, 0) is 39.0 Å². The van der Waals surface area contributed by atoms with Gasteiger partial charge in [-0.1, -0.05) is 17.3 Å². The van der Waals surface area contributed by atoms with Crippen LogP contribution < -0.4 is 0 Å². The minimum absolute atomic E-state index is 0.0658. The van der Waals surface area contributed by atoms with Gasteiger partial charge < -0.3 is 14.3 Å². The summed E-state index contributed by atoms with van der Waals surface area (Å²) in [5, 5.41) is 4.35. The summed E-state index contributed by atoms with van der Waals surface area (Å²) in [7, 11) is 1.56. The van der Waals surface area contributed by atoms with Crippen LogP contribution in [0.25, 0.3) is 22.4 Å². The summed E-state index contributed by atoms with van der Waals surface area (Å²) in [5.41, 5.74) is 1.43. The van der Waals surface area contributed by atoms with Crippen molar-refractivity contribution in [1.82, 2.24) is 19.9 Å². The molecule has 3 rings (SSSR count). The van der Waals surface area contributed by atoms with E-state index in [0.717, 1.165) is 0 Å². The number of amides is 2. The van der Waals surface area contributed by atoms with Crippen molar-refractivity contribution in [3.8, 4) is 11.3 Å². The monoisotopic (exact) mass is 398 g/mol. The van der Waals surface area contributed by atoms with E-state index in [2.05, 4.69) is 10.1 Å². The van der Waals surface area contributed by atoms with E-state index in [4.69, 9.17) is 4.52 Å². The smallest absolute Gasteiger partial charge is 0.259 e. The number of halogens is 1. The van der Waals surface area contributed by atoms with Gasteiger partial charge in [0, 0.05) is 25.7 Å². The van der Waals surface area contributed by atoms with Gasteiger partial charge in [-0.15, -0.1) is 0 Å². The molecule has 152 valence electrons. The Morgan fingerprint density at radius 3 is 2.52 bits per heavy atom. The molecule has 0 N–H and O–H groups in total. The highest BCUT2D eigenvalue weighted by Gasteiger charge is 2.24. The van der Waals surface area contributed by atoms with Crippen LogP contribution in [-0.4, -0.2) is 58.4 Å². The lowest BCUT2D eigenvalue weighted by atomic mass is 10.0. The molecule has 2 aromatic heterocycles. The number of pyridine rings is 1. The molecule has 0 saturated carbocycles. The molecule has 0 spiro atoms. The third kappa shape index (κ3) is 3.96. The lowest BCUT2D eigenvalue weighted by molar-refractivity contribution is -0.131. The molecule has 0 bridgehead atoms. The maximum absolute atomic E-state index is 14.3. The Kier molecular flexibility index (Phi) is 5.91. The number of aryl methyl sites for hydroxylation is 1. The van der Waals surface area contributed by atoms with E-state index in [1.165, 1.54) is 17.0 Å². The molecular formula is C21H23FN4O3. The SMILES string of the molecule is CCN(CC)C(=O)CN(C)C(=O)c1cc(-c2ccccc2F)nc2onc(C)c12. The molecule has 0 aliphatic heterocycles. The summed E-state index contributed by atoms with van der Waals surface area (Å²) < 4.78 is 19.5. The Bertz CT molecular complexity index is 1060. The number of carbonyl (C=O) groups is 2. The Balaban J connectivity index is 2.03. The molecule has 29 heavy (non-hydrogen) atoms. The number of fused-ring (bicyclic) bond motifs is 1. The van der Waals surface area contributed by atoms with Gasteiger partial charge in [-0.2, -0.15) is 0 Å². The lowest BCUT2D eigenvalue weighted by Crippen LogP contribution is -2.41. The molecule has 0 atom stereocenters. The van der Waals surface area contributed by atoms with Crippen LogP contribution in [0.3, 0.4) is 0 Å². The zero-order valence-electron chi connectivity index (χ0n) is 16.9. The Labute approximate surface area is 168 Å². The Morgan fingerprint density at radius 2 is 1.86 bits per heavy atom. The van der Waals surface area contributed by atoms with Crippen molar-refractivity contribution < 1.29 is 18.5 Å². The maximum atomic E-state index is 14.3. The van der Waals surface area contributed by atoms with Gasteiger partial charge in [0.2, 0.25) is 5.91 Å². The number of benzene rings is 1. The van der Waals surface area contributed by atoms with Crippen LogP contribution in [0.5, 0.6) is 0 Å². The first-order valence-electron chi connectivity index (χ1n) is 9.42. The zero-order chi connectivity index (χ0) is 21.1. The zero-order valence-corrected chi connectivity index (χ0v) is 16.9. The van der Waals surface area contributed by atoms with Gasteiger partial charge in [0.25, 0.3) is 11.6 Å². The summed E-state index contributed by atoms with van der Waals surface area (Å²) in [6.07, 6.45) is 0. The van der Waals surface area contributed by atoms with Crippen LogP contribution in [0, 0.1) is 12.7 Å². The highest BCUT2D eigenvalue weighted by atomic mass is 19.1. The third-order valence-electron chi connectivity index (χ3n) is 4.83. The van der Waals surface area contributed by atoms with E-state index in [9.17, 15) is 14.0 Å². The fourth-order valence-corrected chi connectivity index (χ4v) is 3.23. The van der Waals surface area contributed by atoms with Crippen LogP contribution in [0.15, 0.2) is 34.9 Å². The molecule has 3 aromatic rings. The molecule has 0 radical (unpaired) electrons. The van der Waals surface area contributed by atoms with E-state index in [1.807, 2.05) is 13.8 Å². The van der Waals surface area contributed by atoms with Gasteiger partial charge in [0.15, 0.2) is 0 Å². The highest BCUT2D eigenvalue weighted by Crippen LogP contribution is 2.29. The van der Waals surface area contributed by atoms with Crippen molar-refractivity contribution in [2.24, 2.45) is 0 Å². The number of nitrogens with zero attached hydrogens (tertiary/aromatic N) is 4. The lowest BCUT2D eigenvalue weighted by Gasteiger charge is -2.23. The van der Waals surface area contributed by atoms with Crippen LogP contribution in [0.2, 0.25) is 0 Å². The Morgan fingerprint density at radius 1 is 1.17 bits per heavy atom. The average molecular weight is 398 g/mol. The van der Waals surface area contributed by atoms with Crippen molar-refractivity contribution in [1.29, 1.82) is 0 Å². The maximum Gasteiger partial charge on any atom is 0.259 e. The van der Waals surface area contributed by atoms with Crippen molar-refractivity contribution in [2.45, 2.75) is 20.8 Å². The normalized spacial score (nSPS) is 10.9. The first kappa shape index (κ1) is 20.4. The molecule has 1 aromatic carbocycles. The second kappa shape index (κ2) is 8.38. The van der Waals surface area contributed by atoms with Gasteiger partial charge in [0.05, 0.1) is 28.9 Å². The van der Waals surface area contributed by atoms with Crippen molar-refractivity contribution in [3.63, 3.8) is 0 Å². The van der Waals surface area contributed by atoms with Gasteiger partial charge in [-0.3, -0.25) is 9.59 Å². The predicted molar refractivity (Wildman–Crippen MR) is 107 cm³/mol. The van der Waals surface area contributed by atoms with Gasteiger partial charge in [-0.25, -0.2) is 9.37 Å². The van der Waals surface area contributed by atoms with Gasteiger partial charge in [0.1, 0.15) is 5.82 Å². The number of aromatic nitrogens is 2. The second-order valence-electron chi connectivity index (χ2n) is 6.71. The summed E-state index contributed by atoms with van der Waals surface area (Å²) in [6.45, 7) is 6.55. The molecule has 0 aliphatic rings. The average Bonchev–Trinajstić information content (AvgIpc) is 3.09. The second-order valence-corrected chi connectivity index (χ2v) is 6.71. The number of hydrogen-bond acceptors (Lipinski definition) is 5. The molecule has 2 heterocycles. The summed E-state index contributed by atoms with van der Waals surface area (Å²) in [4.78, 5) is 32.9. The number of carbonyl (C=O) groups excluding carboxylic acids is 2. The molecule has 0 saturated heterocycles. The van der Waals surface area contributed by atoms with Crippen molar-refractivity contribution in [3.05, 3.63) is 47.4 Å². The minimum atomic E-state index is -0.459. The third-order valence-corrected chi connectivity index (χ3v) is 4.83. The first-order chi connectivity index (χ1) is 13.9. The van der Waals surface area contributed by atoms with Crippen LogP contribution in [-0.2, 0) is 4.79 Å². The summed E-state index contributed by atoms with van der Waals surface area (Å²) in [5.74, 6) is -0.992. The van der Waals surface area contributed by atoms with E-state index in [1.54, 1.807) is 37.1 Å². The minimum Gasteiger partial charge on any atom is -0.342 e. The molecule has 8 heteroatoms. The topological polar surface area (TPSA) is 79.5 Å². The van der Waals surface area contributed by atoms with E-state index < -0.39 is 5.82 Å². The van der Waals surface area contributed by atoms with Gasteiger partial charge >= 0.3 is 0 Å². The van der Waals surface area contributed by atoms with Crippen LogP contribution in [0.4, 0.5) is 4.39 Å². The van der Waals surface area contributed by atoms with Crippen LogP contribution >= 0.6 is 0 Å². The van der Waals surface area contributed by atoms with E-state index in [-0.39, 0.29) is 40.9 Å². The highest BCUT2D eigenvalue weighted by molar-refractivity contribution is 6.07. The Hall–Kier alpha value is -3.29. The van der Waals surface area contributed by atoms with Crippen LogP contribution in [0.1, 0.15) is 29.9 Å². The fraction of sp³-hybridized carbons (Fsp3) is 0.333. The van der Waals surface area contributed by atoms with Crippen molar-refractivity contribution in [2.75, 3.05) is 26.7 Å². The predicted octanol–water partition coefficient (Wildman–Crippen LogP) is 3.28. The number of likely N-dealkylation sites (N-methyl/N-ethyl adjacent to an activating group) is 2. The molecular weight excluding hydrogens is 375 g/mol. The number of rotatable bonds is 6. The quantitative estimate of drug-likeness (QED) is 0.637. The molecule has 0 aliphatic carbocycles.